The van der Waals surface area contributed by atoms with Crippen LogP contribution in [0.3, 0.4) is 0 Å². The second kappa shape index (κ2) is 6.20. The van der Waals surface area contributed by atoms with E-state index in [2.05, 4.69) is 0 Å². The van der Waals surface area contributed by atoms with Gasteiger partial charge in [-0.1, -0.05) is 0 Å². The van der Waals surface area contributed by atoms with E-state index in [1.54, 1.807) is 0 Å². The zero-order valence-electron chi connectivity index (χ0n) is 10.7. The van der Waals surface area contributed by atoms with E-state index in [1.165, 1.54) is 17.9 Å². The van der Waals surface area contributed by atoms with Crippen molar-refractivity contribution in [2.45, 2.75) is 19.9 Å². The van der Waals surface area contributed by atoms with Gasteiger partial charge in [0.05, 0.1) is 26.0 Å². The van der Waals surface area contributed by atoms with Gasteiger partial charge in [0, 0.05) is 12.7 Å². The molecule has 0 bridgehead atoms. The maximum absolute atomic E-state index is 11.5. The Hall–Kier alpha value is -1.82. The molecule has 0 radical (unpaired) electrons. The fraction of sp³-hybridized carbons (Fsp3) is 0.500. The number of aromatic carboxylic acids is 1. The van der Waals surface area contributed by atoms with Crippen LogP contribution in [-0.4, -0.2) is 36.0 Å². The summed E-state index contributed by atoms with van der Waals surface area (Å²) in [6, 6.07) is 0.856. The molecule has 1 rings (SSSR count). The van der Waals surface area contributed by atoms with Crippen molar-refractivity contribution in [3.05, 3.63) is 28.2 Å². The van der Waals surface area contributed by atoms with Crippen molar-refractivity contribution in [3.8, 4) is 5.75 Å². The van der Waals surface area contributed by atoms with Crippen LogP contribution in [0.1, 0.15) is 30.4 Å². The number of rotatable bonds is 6. The van der Waals surface area contributed by atoms with Gasteiger partial charge in [0.15, 0.2) is 5.75 Å². The van der Waals surface area contributed by atoms with Crippen molar-refractivity contribution < 1.29 is 19.4 Å². The highest BCUT2D eigenvalue weighted by molar-refractivity contribution is 5.85. The number of carboxylic acids is 1. The van der Waals surface area contributed by atoms with E-state index < -0.39 is 11.4 Å². The summed E-state index contributed by atoms with van der Waals surface area (Å²) in [5, 5.41) is 9.09. The summed E-state index contributed by atoms with van der Waals surface area (Å²) in [5.41, 5.74) is -0.525. The van der Waals surface area contributed by atoms with Gasteiger partial charge in [0.2, 0.25) is 5.43 Å². The number of pyridine rings is 1. The van der Waals surface area contributed by atoms with E-state index in [0.29, 0.717) is 13.2 Å². The highest BCUT2D eigenvalue weighted by Crippen LogP contribution is 2.14. The van der Waals surface area contributed by atoms with Gasteiger partial charge in [-0.25, -0.2) is 4.79 Å². The standard InChI is InChI=1S/C12H17NO5/c1-4-18-7-8(2)13-6-11(17-3)10(14)5-9(13)12(15)16/h5-6,8H,4,7H2,1-3H3,(H,15,16). The summed E-state index contributed by atoms with van der Waals surface area (Å²) < 4.78 is 11.6. The first kappa shape index (κ1) is 14.2. The lowest BCUT2D eigenvalue weighted by Crippen LogP contribution is -2.22. The summed E-state index contributed by atoms with van der Waals surface area (Å²) in [5.74, 6) is -1.04. The summed E-state index contributed by atoms with van der Waals surface area (Å²) >= 11 is 0. The number of carboxylic acid groups (broad SMARTS) is 1. The molecule has 0 aliphatic rings. The molecule has 0 saturated heterocycles. The van der Waals surface area contributed by atoms with E-state index in [1.807, 2.05) is 13.8 Å². The second-order valence-electron chi connectivity index (χ2n) is 3.81. The van der Waals surface area contributed by atoms with E-state index in [9.17, 15) is 9.59 Å². The molecule has 0 saturated carbocycles. The maximum atomic E-state index is 11.5. The van der Waals surface area contributed by atoms with Crippen LogP contribution in [0.4, 0.5) is 0 Å². The largest absolute Gasteiger partial charge is 0.491 e. The molecule has 100 valence electrons. The number of nitrogens with zero attached hydrogens (tertiary/aromatic N) is 1. The Labute approximate surface area is 105 Å². The first-order valence-electron chi connectivity index (χ1n) is 5.62. The molecule has 1 unspecified atom stereocenters. The van der Waals surface area contributed by atoms with Crippen LogP contribution < -0.4 is 10.2 Å². The fourth-order valence-corrected chi connectivity index (χ4v) is 1.59. The topological polar surface area (TPSA) is 77.8 Å². The van der Waals surface area contributed by atoms with Gasteiger partial charge >= 0.3 is 5.97 Å². The monoisotopic (exact) mass is 255 g/mol. The smallest absolute Gasteiger partial charge is 0.352 e. The van der Waals surface area contributed by atoms with Crippen molar-refractivity contribution >= 4 is 5.97 Å². The summed E-state index contributed by atoms with van der Waals surface area (Å²) in [6.45, 7) is 4.58. The highest BCUT2D eigenvalue weighted by atomic mass is 16.5. The van der Waals surface area contributed by atoms with Gasteiger partial charge in [-0.15, -0.1) is 0 Å². The first-order valence-corrected chi connectivity index (χ1v) is 5.62. The van der Waals surface area contributed by atoms with Crippen molar-refractivity contribution in [1.82, 2.24) is 4.57 Å². The second-order valence-corrected chi connectivity index (χ2v) is 3.81. The number of hydrogen-bond donors (Lipinski definition) is 1. The number of carbonyl (C=O) groups is 1. The van der Waals surface area contributed by atoms with E-state index >= 15 is 0 Å². The Morgan fingerprint density at radius 1 is 1.56 bits per heavy atom. The van der Waals surface area contributed by atoms with E-state index in [0.717, 1.165) is 6.07 Å². The maximum Gasteiger partial charge on any atom is 0.352 e. The van der Waals surface area contributed by atoms with Crippen LogP contribution >= 0.6 is 0 Å². The molecular weight excluding hydrogens is 238 g/mol. The van der Waals surface area contributed by atoms with Crippen LogP contribution in [0, 0.1) is 0 Å². The molecule has 0 fully saturated rings. The Balaban J connectivity index is 3.21. The van der Waals surface area contributed by atoms with E-state index in [-0.39, 0.29) is 17.5 Å². The van der Waals surface area contributed by atoms with Crippen LogP contribution in [0.5, 0.6) is 5.75 Å². The highest BCUT2D eigenvalue weighted by Gasteiger charge is 2.16. The normalized spacial score (nSPS) is 12.2. The van der Waals surface area contributed by atoms with Crippen molar-refractivity contribution in [2.24, 2.45) is 0 Å². The van der Waals surface area contributed by atoms with Crippen LogP contribution in [0.25, 0.3) is 0 Å². The minimum absolute atomic E-state index is 0.0759. The molecule has 1 aromatic rings. The van der Waals surface area contributed by atoms with Gasteiger partial charge in [0.1, 0.15) is 5.69 Å². The molecule has 0 aliphatic heterocycles. The minimum Gasteiger partial charge on any atom is -0.491 e. The Kier molecular flexibility index (Phi) is 4.91. The van der Waals surface area contributed by atoms with Gasteiger partial charge in [-0.05, 0) is 13.8 Å². The molecule has 0 aromatic carbocycles. The fourth-order valence-electron chi connectivity index (χ4n) is 1.59. The van der Waals surface area contributed by atoms with Gasteiger partial charge in [-0.3, -0.25) is 4.79 Å². The summed E-state index contributed by atoms with van der Waals surface area (Å²) in [7, 11) is 1.37. The van der Waals surface area contributed by atoms with E-state index in [4.69, 9.17) is 14.6 Å². The number of aromatic nitrogens is 1. The lowest BCUT2D eigenvalue weighted by molar-refractivity contribution is 0.0671. The minimum atomic E-state index is -1.15. The molecule has 1 N–H and O–H groups in total. The average molecular weight is 255 g/mol. The first-order chi connectivity index (χ1) is 8.51. The number of hydrogen-bond acceptors (Lipinski definition) is 4. The van der Waals surface area contributed by atoms with Crippen LogP contribution in [-0.2, 0) is 4.74 Å². The number of ether oxygens (including phenoxy) is 2. The number of methoxy groups -OCH3 is 1. The SMILES string of the molecule is CCOCC(C)n1cc(OC)c(=O)cc1C(=O)O. The molecular formula is C12H17NO5. The Morgan fingerprint density at radius 3 is 2.72 bits per heavy atom. The predicted molar refractivity (Wildman–Crippen MR) is 65.4 cm³/mol. The third-order valence-corrected chi connectivity index (χ3v) is 2.52. The molecule has 1 atom stereocenters. The predicted octanol–water partition coefficient (Wildman–Crippen LogP) is 1.15. The molecule has 6 heteroatoms. The molecule has 6 nitrogen and oxygen atoms in total. The third-order valence-electron chi connectivity index (χ3n) is 2.52. The molecule has 0 aliphatic carbocycles. The average Bonchev–Trinajstić information content (AvgIpc) is 2.35. The van der Waals surface area contributed by atoms with Crippen molar-refractivity contribution in [1.29, 1.82) is 0 Å². The molecule has 0 spiro atoms. The van der Waals surface area contributed by atoms with Gasteiger partial charge < -0.3 is 19.1 Å². The van der Waals surface area contributed by atoms with Gasteiger partial charge in [0.25, 0.3) is 0 Å². The van der Waals surface area contributed by atoms with Crippen LogP contribution in [0.15, 0.2) is 17.1 Å². The molecule has 18 heavy (non-hydrogen) atoms. The van der Waals surface area contributed by atoms with Crippen molar-refractivity contribution in [3.63, 3.8) is 0 Å². The lowest BCUT2D eigenvalue weighted by atomic mass is 10.2. The molecule has 0 amide bonds. The quantitative estimate of drug-likeness (QED) is 0.825. The van der Waals surface area contributed by atoms with Crippen LogP contribution in [0.2, 0.25) is 0 Å². The Morgan fingerprint density at radius 2 is 2.22 bits per heavy atom. The summed E-state index contributed by atoms with van der Waals surface area (Å²) in [6.07, 6.45) is 1.40. The molecule has 1 heterocycles. The zero-order valence-corrected chi connectivity index (χ0v) is 10.7. The van der Waals surface area contributed by atoms with Gasteiger partial charge in [-0.2, -0.15) is 0 Å². The zero-order chi connectivity index (χ0) is 13.7. The Bertz CT molecular complexity index is 480. The lowest BCUT2D eigenvalue weighted by Gasteiger charge is -2.19. The van der Waals surface area contributed by atoms with Crippen molar-refractivity contribution in [2.75, 3.05) is 20.3 Å². The third kappa shape index (κ3) is 3.10. The molecule has 1 aromatic heterocycles. The summed E-state index contributed by atoms with van der Waals surface area (Å²) in [4.78, 5) is 22.6.